The molecule has 0 aliphatic carbocycles. The molecule has 2 nitrogen and oxygen atoms in total. The van der Waals surface area contributed by atoms with Crippen molar-refractivity contribution in [3.05, 3.63) is 62.8 Å². The number of ether oxygens (including phenoxy) is 1. The molecule has 0 aliphatic rings. The van der Waals surface area contributed by atoms with E-state index in [9.17, 15) is 9.50 Å². The van der Waals surface area contributed by atoms with Crippen LogP contribution in [0.3, 0.4) is 0 Å². The van der Waals surface area contributed by atoms with Crippen LogP contribution in [0.1, 0.15) is 11.1 Å². The zero-order valence-electron chi connectivity index (χ0n) is 9.87. The van der Waals surface area contributed by atoms with E-state index in [0.29, 0.717) is 11.3 Å². The molecule has 0 heterocycles. The van der Waals surface area contributed by atoms with Gasteiger partial charge in [0.25, 0.3) is 0 Å². The molecule has 2 aromatic carbocycles. The molecule has 0 bridgehead atoms. The van der Waals surface area contributed by atoms with Crippen LogP contribution < -0.4 is 4.74 Å². The van der Waals surface area contributed by atoms with Gasteiger partial charge in [-0.3, -0.25) is 0 Å². The number of hydrogen-bond acceptors (Lipinski definition) is 2. The molecular weight excluding hydrogens is 335 g/mol. The van der Waals surface area contributed by atoms with Gasteiger partial charge < -0.3 is 9.84 Å². The van der Waals surface area contributed by atoms with E-state index in [1.807, 2.05) is 12.1 Å². The first-order valence-electron chi connectivity index (χ1n) is 5.57. The molecule has 1 N–H and O–H groups in total. The van der Waals surface area contributed by atoms with Gasteiger partial charge in [0.15, 0.2) is 0 Å². The van der Waals surface area contributed by atoms with Crippen LogP contribution in [0.5, 0.6) is 5.75 Å². The van der Waals surface area contributed by atoms with E-state index in [4.69, 9.17) is 16.3 Å². The largest absolute Gasteiger partial charge is 0.487 e. The second-order valence-electron chi connectivity index (χ2n) is 3.92. The van der Waals surface area contributed by atoms with Gasteiger partial charge in [-0.05, 0) is 39.7 Å². The second-order valence-corrected chi connectivity index (χ2v) is 5.18. The SMILES string of the molecule is OCc1cccc(Br)c1OCc1ccc(F)c(Cl)c1. The standard InChI is InChI=1S/C14H11BrClFO2/c15-11-3-1-2-10(7-18)14(11)19-8-9-4-5-13(17)12(16)6-9/h1-6,18H,7-8H2. The minimum Gasteiger partial charge on any atom is -0.487 e. The molecule has 0 aromatic heterocycles. The number of benzene rings is 2. The topological polar surface area (TPSA) is 29.5 Å². The smallest absolute Gasteiger partial charge is 0.141 e. The summed E-state index contributed by atoms with van der Waals surface area (Å²) >= 11 is 9.07. The lowest BCUT2D eigenvalue weighted by atomic mass is 10.2. The summed E-state index contributed by atoms with van der Waals surface area (Å²) in [6.07, 6.45) is 0. The lowest BCUT2D eigenvalue weighted by Crippen LogP contribution is -2.00. The summed E-state index contributed by atoms with van der Waals surface area (Å²) in [4.78, 5) is 0. The molecule has 5 heteroatoms. The highest BCUT2D eigenvalue weighted by Crippen LogP contribution is 2.30. The van der Waals surface area contributed by atoms with Crippen molar-refractivity contribution in [1.29, 1.82) is 0 Å². The van der Waals surface area contributed by atoms with Crippen LogP contribution in [-0.2, 0) is 13.2 Å². The van der Waals surface area contributed by atoms with E-state index in [1.54, 1.807) is 12.1 Å². The highest BCUT2D eigenvalue weighted by atomic mass is 79.9. The fourth-order valence-electron chi connectivity index (χ4n) is 1.62. The maximum atomic E-state index is 13.0. The fourth-order valence-corrected chi connectivity index (χ4v) is 2.35. The third-order valence-electron chi connectivity index (χ3n) is 2.59. The van der Waals surface area contributed by atoms with Crippen LogP contribution in [0.15, 0.2) is 40.9 Å². The van der Waals surface area contributed by atoms with Crippen molar-refractivity contribution in [2.24, 2.45) is 0 Å². The average molecular weight is 346 g/mol. The minimum atomic E-state index is -0.456. The van der Waals surface area contributed by atoms with E-state index in [2.05, 4.69) is 15.9 Å². The number of halogens is 3. The van der Waals surface area contributed by atoms with Crippen LogP contribution in [0.2, 0.25) is 5.02 Å². The number of rotatable bonds is 4. The van der Waals surface area contributed by atoms with E-state index in [-0.39, 0.29) is 18.2 Å². The first-order chi connectivity index (χ1) is 9.11. The molecule has 0 unspecified atom stereocenters. The Balaban J connectivity index is 2.16. The Bertz CT molecular complexity index is 590. The molecule has 0 radical (unpaired) electrons. The van der Waals surface area contributed by atoms with Crippen LogP contribution in [-0.4, -0.2) is 5.11 Å². The molecule has 2 aromatic rings. The molecule has 19 heavy (non-hydrogen) atoms. The number of aliphatic hydroxyl groups excluding tert-OH is 1. The predicted molar refractivity (Wildman–Crippen MR) is 75.8 cm³/mol. The summed E-state index contributed by atoms with van der Waals surface area (Å²) in [5.41, 5.74) is 1.44. The van der Waals surface area contributed by atoms with Gasteiger partial charge in [0.05, 0.1) is 16.1 Å². The van der Waals surface area contributed by atoms with Crippen molar-refractivity contribution >= 4 is 27.5 Å². The summed E-state index contributed by atoms with van der Waals surface area (Å²) in [5, 5.41) is 9.31. The van der Waals surface area contributed by atoms with Crippen LogP contribution >= 0.6 is 27.5 Å². The van der Waals surface area contributed by atoms with Crippen LogP contribution in [0.25, 0.3) is 0 Å². The third kappa shape index (κ3) is 3.47. The Morgan fingerprint density at radius 3 is 2.74 bits per heavy atom. The van der Waals surface area contributed by atoms with Crippen molar-refractivity contribution in [3.8, 4) is 5.75 Å². The van der Waals surface area contributed by atoms with E-state index < -0.39 is 5.82 Å². The molecular formula is C14H11BrClFO2. The molecule has 0 atom stereocenters. The highest BCUT2D eigenvalue weighted by molar-refractivity contribution is 9.10. The van der Waals surface area contributed by atoms with Crippen LogP contribution in [0.4, 0.5) is 4.39 Å². The Labute approximate surface area is 123 Å². The Kier molecular flexibility index (Phi) is 4.80. The molecule has 0 aliphatic heterocycles. The predicted octanol–water partition coefficient (Wildman–Crippen LogP) is 4.31. The van der Waals surface area contributed by atoms with E-state index in [1.165, 1.54) is 12.1 Å². The fraction of sp³-hybridized carbons (Fsp3) is 0.143. The van der Waals surface area contributed by atoms with Gasteiger partial charge in [-0.1, -0.05) is 29.8 Å². The summed E-state index contributed by atoms with van der Waals surface area (Å²) in [5.74, 6) is 0.118. The van der Waals surface area contributed by atoms with Gasteiger partial charge in [0, 0.05) is 5.56 Å². The summed E-state index contributed by atoms with van der Waals surface area (Å²) in [7, 11) is 0. The molecule has 100 valence electrons. The van der Waals surface area contributed by atoms with Crippen molar-refractivity contribution in [1.82, 2.24) is 0 Å². The first-order valence-corrected chi connectivity index (χ1v) is 6.74. The lowest BCUT2D eigenvalue weighted by Gasteiger charge is -2.12. The number of aliphatic hydroxyl groups is 1. The summed E-state index contributed by atoms with van der Waals surface area (Å²) in [6.45, 7) is 0.133. The minimum absolute atomic E-state index is 0.0654. The van der Waals surface area contributed by atoms with Gasteiger partial charge in [0.1, 0.15) is 18.2 Å². The molecule has 0 saturated heterocycles. The first kappa shape index (κ1) is 14.3. The van der Waals surface area contributed by atoms with Gasteiger partial charge in [0.2, 0.25) is 0 Å². The lowest BCUT2D eigenvalue weighted by molar-refractivity contribution is 0.258. The Morgan fingerprint density at radius 1 is 1.26 bits per heavy atom. The summed E-state index contributed by atoms with van der Waals surface area (Å²) < 4.78 is 19.4. The highest BCUT2D eigenvalue weighted by Gasteiger charge is 2.08. The molecule has 0 fully saturated rings. The van der Waals surface area contributed by atoms with Crippen LogP contribution in [0, 0.1) is 5.82 Å². The summed E-state index contributed by atoms with van der Waals surface area (Å²) in [6, 6.07) is 9.85. The van der Waals surface area contributed by atoms with Crippen molar-refractivity contribution < 1.29 is 14.2 Å². The zero-order chi connectivity index (χ0) is 13.8. The van der Waals surface area contributed by atoms with E-state index in [0.717, 1.165) is 10.0 Å². The maximum Gasteiger partial charge on any atom is 0.141 e. The maximum absolute atomic E-state index is 13.0. The van der Waals surface area contributed by atoms with Crippen molar-refractivity contribution in [3.63, 3.8) is 0 Å². The van der Waals surface area contributed by atoms with Crippen molar-refractivity contribution in [2.45, 2.75) is 13.2 Å². The second kappa shape index (κ2) is 6.37. The Morgan fingerprint density at radius 2 is 2.05 bits per heavy atom. The van der Waals surface area contributed by atoms with Gasteiger partial charge in [-0.25, -0.2) is 4.39 Å². The Hall–Kier alpha value is -1.10. The van der Waals surface area contributed by atoms with Crippen molar-refractivity contribution in [2.75, 3.05) is 0 Å². The van der Waals surface area contributed by atoms with Gasteiger partial charge in [-0.15, -0.1) is 0 Å². The quantitative estimate of drug-likeness (QED) is 0.894. The van der Waals surface area contributed by atoms with E-state index >= 15 is 0 Å². The number of hydrogen-bond donors (Lipinski definition) is 1. The third-order valence-corrected chi connectivity index (χ3v) is 3.50. The molecule has 0 saturated carbocycles. The van der Waals surface area contributed by atoms with Gasteiger partial charge >= 0.3 is 0 Å². The molecule has 0 amide bonds. The average Bonchev–Trinajstić information content (AvgIpc) is 2.41. The monoisotopic (exact) mass is 344 g/mol. The molecule has 0 spiro atoms. The number of para-hydroxylation sites is 1. The normalized spacial score (nSPS) is 10.5. The van der Waals surface area contributed by atoms with Gasteiger partial charge in [-0.2, -0.15) is 0 Å². The zero-order valence-corrected chi connectivity index (χ0v) is 12.2. The molecule has 2 rings (SSSR count).